The van der Waals surface area contributed by atoms with E-state index in [1.165, 1.54) is 0 Å². The summed E-state index contributed by atoms with van der Waals surface area (Å²) in [6, 6.07) is 0. The largest absolute Gasteiger partial charge is 1.00 e. The average Bonchev–Trinajstić information content (AvgIpc) is 0.722. The first-order chi connectivity index (χ1) is 2.00. The van der Waals surface area contributed by atoms with Crippen molar-refractivity contribution in [2.75, 3.05) is 0 Å². The minimum Gasteiger partial charge on any atom is -1.00 e. The molecule has 0 radical (unpaired) electrons. The molecule has 0 heterocycles. The smallest absolute Gasteiger partial charge is 1.00 e. The third kappa shape index (κ3) is 214. The van der Waals surface area contributed by atoms with E-state index in [-0.39, 0.29) is 86.6 Å². The van der Waals surface area contributed by atoms with Crippen molar-refractivity contribution in [1.82, 2.24) is 0 Å². The van der Waals surface area contributed by atoms with Crippen LogP contribution in [0.1, 0.15) is 1.43 Å². The summed E-state index contributed by atoms with van der Waals surface area (Å²) in [6.45, 7) is 0. The second kappa shape index (κ2) is 17.1. The molecule has 64 valence electrons. The SMILES string of the molecule is O.O.O.O=S(=O)(O)O.[Cr].[H-].[K+]. The summed E-state index contributed by atoms with van der Waals surface area (Å²) in [4.78, 5) is 0. The van der Waals surface area contributed by atoms with Crippen LogP contribution in [0.5, 0.6) is 0 Å². The molecule has 0 fully saturated rings. The molecule has 0 saturated heterocycles. The minimum absolute atomic E-state index is 0. The Hall–Kier alpha value is 1.92. The Morgan fingerprint density at radius 2 is 1.00 bits per heavy atom. The Morgan fingerprint density at radius 1 is 1.00 bits per heavy atom. The van der Waals surface area contributed by atoms with Gasteiger partial charge >= 0.3 is 61.8 Å². The van der Waals surface area contributed by atoms with E-state index >= 15 is 0 Å². The fourth-order valence-corrected chi connectivity index (χ4v) is 0. The zero-order valence-electron chi connectivity index (χ0n) is 6.03. The monoisotopic (exact) mass is 244 g/mol. The van der Waals surface area contributed by atoms with Gasteiger partial charge in [0.15, 0.2) is 0 Å². The minimum atomic E-state index is -4.67. The van der Waals surface area contributed by atoms with Crippen molar-refractivity contribution in [1.29, 1.82) is 0 Å². The van der Waals surface area contributed by atoms with Gasteiger partial charge in [0.05, 0.1) is 0 Å². The second-order valence-electron chi connectivity index (χ2n) is 0.448. The Morgan fingerprint density at radius 3 is 1.00 bits per heavy atom. The molecular weight excluding hydrogens is 235 g/mol. The van der Waals surface area contributed by atoms with Gasteiger partial charge in [-0.2, -0.15) is 8.42 Å². The summed E-state index contributed by atoms with van der Waals surface area (Å²) in [5, 5.41) is 0. The van der Waals surface area contributed by atoms with Crippen LogP contribution in [0.3, 0.4) is 0 Å². The van der Waals surface area contributed by atoms with Gasteiger partial charge in [-0.1, -0.05) is 0 Å². The number of rotatable bonds is 0. The van der Waals surface area contributed by atoms with E-state index in [0.717, 1.165) is 0 Å². The second-order valence-corrected chi connectivity index (χ2v) is 1.34. The van der Waals surface area contributed by atoms with Gasteiger partial charge in [-0.15, -0.1) is 0 Å². The summed E-state index contributed by atoms with van der Waals surface area (Å²) in [6.07, 6.45) is 0. The Bertz CT molecular complexity index is 102. The molecule has 0 saturated carbocycles. The fraction of sp³-hybridized carbons (Fsp3) is 0. The van der Waals surface area contributed by atoms with Gasteiger partial charge in [0.25, 0.3) is 0 Å². The molecule has 7 nitrogen and oxygen atoms in total. The fourth-order valence-electron chi connectivity index (χ4n) is 0. The van der Waals surface area contributed by atoms with Crippen LogP contribution in [0.4, 0.5) is 0 Å². The predicted octanol–water partition coefficient (Wildman–Crippen LogP) is -6.01. The standard InChI is InChI=1S/Cr.K.H2O4S.3H2O.H/c;;1-5(2,3)4;;;;/h;;(H2,1,2,3,4);3*1H2;/q;+1;;;;;-1. The van der Waals surface area contributed by atoms with Gasteiger partial charge in [-0.25, -0.2) is 0 Å². The van der Waals surface area contributed by atoms with E-state index in [1.54, 1.807) is 0 Å². The molecule has 0 spiro atoms. The van der Waals surface area contributed by atoms with Crippen molar-refractivity contribution in [2.45, 2.75) is 0 Å². The topological polar surface area (TPSA) is 169 Å². The van der Waals surface area contributed by atoms with Gasteiger partial charge < -0.3 is 17.9 Å². The van der Waals surface area contributed by atoms with Crippen LogP contribution < -0.4 is 51.4 Å². The summed E-state index contributed by atoms with van der Waals surface area (Å²) in [5.74, 6) is 0. The normalized spacial score (nSPS) is 5.80. The predicted molar refractivity (Wildman–Crippen MR) is 26.1 cm³/mol. The van der Waals surface area contributed by atoms with Crippen LogP contribution in [0.15, 0.2) is 0 Å². The zero-order valence-corrected chi connectivity index (χ0v) is 10.2. The molecule has 0 unspecified atom stereocenters. The summed E-state index contributed by atoms with van der Waals surface area (Å²) in [5.41, 5.74) is 0. The van der Waals surface area contributed by atoms with E-state index in [0.29, 0.717) is 0 Å². The van der Waals surface area contributed by atoms with Crippen molar-refractivity contribution in [3.63, 3.8) is 0 Å². The van der Waals surface area contributed by atoms with E-state index in [1.807, 2.05) is 0 Å². The van der Waals surface area contributed by atoms with Gasteiger partial charge in [-0.05, 0) is 0 Å². The van der Waals surface area contributed by atoms with E-state index < -0.39 is 10.4 Å². The van der Waals surface area contributed by atoms with Crippen molar-refractivity contribution in [3.05, 3.63) is 0 Å². The van der Waals surface area contributed by atoms with E-state index in [9.17, 15) is 0 Å². The number of hydrogen-bond donors (Lipinski definition) is 2. The van der Waals surface area contributed by atoms with Crippen LogP contribution in [-0.2, 0) is 27.8 Å². The molecule has 8 N–H and O–H groups in total. The van der Waals surface area contributed by atoms with Crippen molar-refractivity contribution in [2.24, 2.45) is 0 Å². The molecule has 0 rings (SSSR count). The van der Waals surface area contributed by atoms with Crippen LogP contribution in [0, 0.1) is 0 Å². The third-order valence-corrected chi connectivity index (χ3v) is 0. The van der Waals surface area contributed by atoms with Gasteiger partial charge in [-0.3, -0.25) is 9.11 Å². The first-order valence-electron chi connectivity index (χ1n) is 0.698. The molecule has 0 aromatic rings. The van der Waals surface area contributed by atoms with Gasteiger partial charge in [0.2, 0.25) is 0 Å². The first-order valence-corrected chi connectivity index (χ1v) is 2.10. The zero-order chi connectivity index (χ0) is 4.50. The molecule has 10 heavy (non-hydrogen) atoms. The van der Waals surface area contributed by atoms with E-state index in [2.05, 4.69) is 0 Å². The van der Waals surface area contributed by atoms with E-state index in [4.69, 9.17) is 17.5 Å². The molecule has 0 amide bonds. The molecular formula is H9CrKO7S. The maximum absolute atomic E-state index is 8.74. The van der Waals surface area contributed by atoms with Crippen molar-refractivity contribution >= 4 is 10.4 Å². The molecule has 0 atom stereocenters. The summed E-state index contributed by atoms with van der Waals surface area (Å²) < 4.78 is 31.6. The molecule has 10 heteroatoms. The Balaban J connectivity index is -0.00000000533. The van der Waals surface area contributed by atoms with Gasteiger partial charge in [0.1, 0.15) is 0 Å². The molecule has 0 aromatic carbocycles. The van der Waals surface area contributed by atoms with Crippen LogP contribution in [0.2, 0.25) is 0 Å². The molecule has 0 aliphatic rings. The maximum Gasteiger partial charge on any atom is 1.00 e. The summed E-state index contributed by atoms with van der Waals surface area (Å²) >= 11 is 0. The molecule has 0 bridgehead atoms. The maximum atomic E-state index is 8.74. The quantitative estimate of drug-likeness (QED) is 0.319. The average molecular weight is 244 g/mol. The van der Waals surface area contributed by atoms with Crippen LogP contribution in [0.25, 0.3) is 0 Å². The summed E-state index contributed by atoms with van der Waals surface area (Å²) in [7, 11) is -4.67. The number of hydrogen-bond acceptors (Lipinski definition) is 2. The Labute approximate surface area is 113 Å². The Kier molecular flexibility index (Phi) is 69.5. The molecule has 0 aliphatic carbocycles. The molecule has 0 aliphatic heterocycles. The third-order valence-electron chi connectivity index (χ3n) is 0. The van der Waals surface area contributed by atoms with Crippen molar-refractivity contribution < 1.29 is 104 Å². The van der Waals surface area contributed by atoms with Gasteiger partial charge in [0, 0.05) is 17.4 Å². The van der Waals surface area contributed by atoms with Crippen molar-refractivity contribution in [3.8, 4) is 0 Å². The van der Waals surface area contributed by atoms with Crippen LogP contribution >= 0.6 is 0 Å². The van der Waals surface area contributed by atoms with Crippen LogP contribution in [-0.4, -0.2) is 34.0 Å². The first kappa shape index (κ1) is 40.6. The molecule has 0 aromatic heterocycles.